The minimum atomic E-state index is -0.227. The summed E-state index contributed by atoms with van der Waals surface area (Å²) >= 11 is 0. The fourth-order valence-electron chi connectivity index (χ4n) is 1.67. The van der Waals surface area contributed by atoms with Gasteiger partial charge in [0.2, 0.25) is 0 Å². The number of hydrogen-bond donors (Lipinski definition) is 0. The van der Waals surface area contributed by atoms with Crippen LogP contribution in [0.4, 0.5) is 0 Å². The zero-order valence-electron chi connectivity index (χ0n) is 9.01. The SMILES string of the molecule is COC(=O)/C(C)=C\C1=CCCCCC1. The maximum Gasteiger partial charge on any atom is 0.333 e. The Hall–Kier alpha value is -1.05. The first kappa shape index (κ1) is 11.0. The Bertz CT molecular complexity index is 261. The molecular weight excluding hydrogens is 176 g/mol. The van der Waals surface area contributed by atoms with Gasteiger partial charge in [-0.25, -0.2) is 4.79 Å². The van der Waals surface area contributed by atoms with Gasteiger partial charge in [0, 0.05) is 5.57 Å². The lowest BCUT2D eigenvalue weighted by Gasteiger charge is -2.01. The number of methoxy groups -OCH3 is 1. The second-order valence-electron chi connectivity index (χ2n) is 3.70. The largest absolute Gasteiger partial charge is 0.466 e. The molecule has 0 N–H and O–H groups in total. The summed E-state index contributed by atoms with van der Waals surface area (Å²) in [5.74, 6) is -0.227. The van der Waals surface area contributed by atoms with Crippen LogP contribution < -0.4 is 0 Å². The molecule has 0 radical (unpaired) electrons. The Kier molecular flexibility index (Phi) is 4.44. The van der Waals surface area contributed by atoms with Crippen LogP contribution in [-0.4, -0.2) is 13.1 Å². The summed E-state index contributed by atoms with van der Waals surface area (Å²) in [7, 11) is 1.42. The molecule has 0 spiro atoms. The average Bonchev–Trinajstić information content (AvgIpc) is 2.45. The number of rotatable bonds is 2. The van der Waals surface area contributed by atoms with Crippen molar-refractivity contribution in [1.29, 1.82) is 0 Å². The van der Waals surface area contributed by atoms with Crippen LogP contribution in [0.15, 0.2) is 23.3 Å². The van der Waals surface area contributed by atoms with Gasteiger partial charge in [-0.1, -0.05) is 18.1 Å². The molecular formula is C12H18O2. The van der Waals surface area contributed by atoms with E-state index in [-0.39, 0.29) is 5.97 Å². The molecule has 78 valence electrons. The van der Waals surface area contributed by atoms with Gasteiger partial charge in [-0.2, -0.15) is 0 Å². The van der Waals surface area contributed by atoms with Gasteiger partial charge in [-0.3, -0.25) is 0 Å². The predicted molar refractivity (Wildman–Crippen MR) is 56.9 cm³/mol. The second kappa shape index (κ2) is 5.63. The van der Waals surface area contributed by atoms with E-state index in [1.807, 2.05) is 6.08 Å². The summed E-state index contributed by atoms with van der Waals surface area (Å²) in [6, 6.07) is 0. The first-order valence-electron chi connectivity index (χ1n) is 5.19. The van der Waals surface area contributed by atoms with Gasteiger partial charge in [0.15, 0.2) is 0 Å². The van der Waals surface area contributed by atoms with Gasteiger partial charge in [0.05, 0.1) is 7.11 Å². The van der Waals surface area contributed by atoms with E-state index in [4.69, 9.17) is 0 Å². The number of carbonyl (C=O) groups excluding carboxylic acids is 1. The van der Waals surface area contributed by atoms with E-state index in [1.54, 1.807) is 6.92 Å². The van der Waals surface area contributed by atoms with Gasteiger partial charge >= 0.3 is 5.97 Å². The second-order valence-corrected chi connectivity index (χ2v) is 3.70. The van der Waals surface area contributed by atoms with Gasteiger partial charge in [0.25, 0.3) is 0 Å². The quantitative estimate of drug-likeness (QED) is 0.499. The zero-order valence-corrected chi connectivity index (χ0v) is 9.01. The van der Waals surface area contributed by atoms with Crippen LogP contribution in [0.2, 0.25) is 0 Å². The molecule has 0 saturated heterocycles. The van der Waals surface area contributed by atoms with E-state index in [1.165, 1.54) is 31.9 Å². The summed E-state index contributed by atoms with van der Waals surface area (Å²) in [6.45, 7) is 1.80. The molecule has 14 heavy (non-hydrogen) atoms. The third-order valence-corrected chi connectivity index (χ3v) is 2.49. The van der Waals surface area contributed by atoms with Crippen molar-refractivity contribution in [2.75, 3.05) is 7.11 Å². The summed E-state index contributed by atoms with van der Waals surface area (Å²) in [5, 5.41) is 0. The minimum Gasteiger partial charge on any atom is -0.466 e. The number of esters is 1. The molecule has 0 heterocycles. The van der Waals surface area contributed by atoms with Gasteiger partial charge in [0.1, 0.15) is 0 Å². The summed E-state index contributed by atoms with van der Waals surface area (Å²) in [4.78, 5) is 11.2. The van der Waals surface area contributed by atoms with E-state index in [0.717, 1.165) is 12.8 Å². The van der Waals surface area contributed by atoms with Crippen LogP contribution in [0.5, 0.6) is 0 Å². The fraction of sp³-hybridized carbons (Fsp3) is 0.583. The highest BCUT2D eigenvalue weighted by molar-refractivity contribution is 5.88. The minimum absolute atomic E-state index is 0.227. The van der Waals surface area contributed by atoms with Crippen LogP contribution in [0.1, 0.15) is 39.0 Å². The highest BCUT2D eigenvalue weighted by atomic mass is 16.5. The zero-order chi connectivity index (χ0) is 10.4. The average molecular weight is 194 g/mol. The molecule has 0 saturated carbocycles. The lowest BCUT2D eigenvalue weighted by Crippen LogP contribution is -2.01. The highest BCUT2D eigenvalue weighted by Gasteiger charge is 2.05. The van der Waals surface area contributed by atoms with Gasteiger partial charge in [-0.05, 0) is 38.7 Å². The summed E-state index contributed by atoms with van der Waals surface area (Å²) < 4.78 is 4.65. The van der Waals surface area contributed by atoms with Crippen LogP contribution in [-0.2, 0) is 9.53 Å². The number of allylic oxidation sites excluding steroid dienone is 3. The van der Waals surface area contributed by atoms with Crippen molar-refractivity contribution in [2.45, 2.75) is 39.0 Å². The summed E-state index contributed by atoms with van der Waals surface area (Å²) in [6.07, 6.45) is 10.2. The number of carbonyl (C=O) groups is 1. The molecule has 0 aliphatic heterocycles. The van der Waals surface area contributed by atoms with Crippen molar-refractivity contribution in [3.63, 3.8) is 0 Å². The lowest BCUT2D eigenvalue weighted by molar-refractivity contribution is -0.136. The van der Waals surface area contributed by atoms with Crippen molar-refractivity contribution in [3.05, 3.63) is 23.3 Å². The Morgan fingerprint density at radius 1 is 1.43 bits per heavy atom. The molecule has 1 rings (SSSR count). The molecule has 0 amide bonds. The van der Waals surface area contributed by atoms with Crippen LogP contribution >= 0.6 is 0 Å². The molecule has 0 atom stereocenters. The molecule has 1 aliphatic rings. The van der Waals surface area contributed by atoms with E-state index >= 15 is 0 Å². The molecule has 0 aromatic carbocycles. The third kappa shape index (κ3) is 3.36. The molecule has 2 nitrogen and oxygen atoms in total. The van der Waals surface area contributed by atoms with Crippen molar-refractivity contribution >= 4 is 5.97 Å². The Balaban J connectivity index is 2.64. The smallest absolute Gasteiger partial charge is 0.333 e. The maximum absolute atomic E-state index is 11.2. The Morgan fingerprint density at radius 3 is 2.93 bits per heavy atom. The normalized spacial score (nSPS) is 18.4. The van der Waals surface area contributed by atoms with Crippen LogP contribution in [0, 0.1) is 0 Å². The Labute approximate surface area is 85.6 Å². The summed E-state index contributed by atoms with van der Waals surface area (Å²) in [5.41, 5.74) is 1.98. The molecule has 0 aromatic rings. The first-order chi connectivity index (χ1) is 6.74. The van der Waals surface area contributed by atoms with Crippen LogP contribution in [0.25, 0.3) is 0 Å². The third-order valence-electron chi connectivity index (χ3n) is 2.49. The maximum atomic E-state index is 11.2. The van der Waals surface area contributed by atoms with Crippen molar-refractivity contribution in [2.24, 2.45) is 0 Å². The fourth-order valence-corrected chi connectivity index (χ4v) is 1.67. The monoisotopic (exact) mass is 194 g/mol. The van der Waals surface area contributed by atoms with Crippen molar-refractivity contribution < 1.29 is 9.53 Å². The number of ether oxygens (including phenoxy) is 1. The molecule has 2 heteroatoms. The number of hydrogen-bond acceptors (Lipinski definition) is 2. The van der Waals surface area contributed by atoms with Gasteiger partial charge in [-0.15, -0.1) is 0 Å². The molecule has 0 aromatic heterocycles. The van der Waals surface area contributed by atoms with Crippen LogP contribution in [0.3, 0.4) is 0 Å². The van der Waals surface area contributed by atoms with E-state index in [0.29, 0.717) is 5.57 Å². The molecule has 1 aliphatic carbocycles. The molecule has 0 unspecified atom stereocenters. The van der Waals surface area contributed by atoms with E-state index in [9.17, 15) is 4.79 Å². The molecule has 0 bridgehead atoms. The van der Waals surface area contributed by atoms with E-state index < -0.39 is 0 Å². The van der Waals surface area contributed by atoms with Crippen molar-refractivity contribution in [3.8, 4) is 0 Å². The highest BCUT2D eigenvalue weighted by Crippen LogP contribution is 2.19. The molecule has 0 fully saturated rings. The Morgan fingerprint density at radius 2 is 2.21 bits per heavy atom. The van der Waals surface area contributed by atoms with Crippen molar-refractivity contribution in [1.82, 2.24) is 0 Å². The predicted octanol–water partition coefficient (Wildman–Crippen LogP) is 3.00. The lowest BCUT2D eigenvalue weighted by atomic mass is 10.1. The first-order valence-corrected chi connectivity index (χ1v) is 5.19. The van der Waals surface area contributed by atoms with Gasteiger partial charge < -0.3 is 4.74 Å². The topological polar surface area (TPSA) is 26.3 Å². The van der Waals surface area contributed by atoms with E-state index in [2.05, 4.69) is 10.8 Å². The standard InChI is InChI=1S/C12H18O2/c1-10(12(13)14-2)9-11-7-5-3-4-6-8-11/h7,9H,3-6,8H2,1-2H3/b10-9-.